The van der Waals surface area contributed by atoms with E-state index in [0.717, 1.165) is 34.8 Å². The summed E-state index contributed by atoms with van der Waals surface area (Å²) in [5.74, 6) is 0.830. The molecule has 0 unspecified atom stereocenters. The second-order valence-corrected chi connectivity index (χ2v) is 6.02. The lowest BCUT2D eigenvalue weighted by Crippen LogP contribution is -2.15. The zero-order valence-corrected chi connectivity index (χ0v) is 14.3. The normalized spacial score (nSPS) is 11.0. The first kappa shape index (κ1) is 16.1. The highest BCUT2D eigenvalue weighted by atomic mass is 16.5. The predicted octanol–water partition coefficient (Wildman–Crippen LogP) is 2.88. The summed E-state index contributed by atoms with van der Waals surface area (Å²) < 4.78 is 6.69. The minimum atomic E-state index is -0.127. The average Bonchev–Trinajstić information content (AvgIpc) is 3.12. The van der Waals surface area contributed by atoms with Crippen LogP contribution in [0.3, 0.4) is 0 Å². The number of rotatable bonds is 5. The summed E-state index contributed by atoms with van der Waals surface area (Å²) in [6, 6.07) is 17.0. The molecule has 0 saturated carbocycles. The van der Waals surface area contributed by atoms with Crippen molar-refractivity contribution in [2.45, 2.75) is 12.8 Å². The van der Waals surface area contributed by atoms with Gasteiger partial charge in [0.1, 0.15) is 5.75 Å². The molecule has 0 aliphatic rings. The number of hydrogen-bond donors (Lipinski definition) is 1. The van der Waals surface area contributed by atoms with Crippen molar-refractivity contribution in [2.75, 3.05) is 7.11 Å². The van der Waals surface area contributed by atoms with Gasteiger partial charge in [-0.15, -0.1) is 0 Å². The summed E-state index contributed by atoms with van der Waals surface area (Å²) in [6.07, 6.45) is 3.19. The van der Waals surface area contributed by atoms with Crippen LogP contribution in [0.1, 0.15) is 11.3 Å². The molecule has 6 nitrogen and oxygen atoms in total. The molecule has 0 aliphatic heterocycles. The molecule has 0 saturated heterocycles. The van der Waals surface area contributed by atoms with E-state index >= 15 is 0 Å². The molecule has 1 aromatic carbocycles. The van der Waals surface area contributed by atoms with E-state index in [9.17, 15) is 4.79 Å². The number of H-pyrrole nitrogens is 1. The summed E-state index contributed by atoms with van der Waals surface area (Å²) in [4.78, 5) is 21.3. The van der Waals surface area contributed by atoms with Crippen LogP contribution in [0.15, 0.2) is 65.6 Å². The molecule has 0 fully saturated rings. The van der Waals surface area contributed by atoms with Gasteiger partial charge in [-0.25, -0.2) is 9.50 Å². The van der Waals surface area contributed by atoms with Gasteiger partial charge < -0.3 is 4.74 Å². The third-order valence-corrected chi connectivity index (χ3v) is 4.25. The summed E-state index contributed by atoms with van der Waals surface area (Å²) in [5.41, 5.74) is 3.92. The van der Waals surface area contributed by atoms with Crippen molar-refractivity contribution in [1.82, 2.24) is 19.6 Å². The quantitative estimate of drug-likeness (QED) is 0.603. The Morgan fingerprint density at radius 1 is 1.08 bits per heavy atom. The number of hydrogen-bond acceptors (Lipinski definition) is 4. The van der Waals surface area contributed by atoms with Crippen LogP contribution in [-0.4, -0.2) is 26.7 Å². The highest BCUT2D eigenvalue weighted by Crippen LogP contribution is 2.16. The molecule has 4 aromatic rings. The maximum absolute atomic E-state index is 12.4. The van der Waals surface area contributed by atoms with E-state index in [1.165, 1.54) is 4.52 Å². The Labute approximate surface area is 150 Å². The van der Waals surface area contributed by atoms with Crippen molar-refractivity contribution in [3.8, 4) is 17.1 Å². The van der Waals surface area contributed by atoms with E-state index in [-0.39, 0.29) is 5.56 Å². The van der Waals surface area contributed by atoms with Gasteiger partial charge in [0.25, 0.3) is 5.56 Å². The van der Waals surface area contributed by atoms with Crippen LogP contribution in [0.5, 0.6) is 5.75 Å². The molecule has 3 heterocycles. The molecule has 130 valence electrons. The molecule has 0 bridgehead atoms. The van der Waals surface area contributed by atoms with E-state index in [1.807, 2.05) is 48.5 Å². The second-order valence-electron chi connectivity index (χ2n) is 6.02. The topological polar surface area (TPSA) is 72.3 Å². The first-order valence-electron chi connectivity index (χ1n) is 8.39. The molecule has 0 spiro atoms. The number of aromatic nitrogens is 4. The van der Waals surface area contributed by atoms with E-state index in [1.54, 1.807) is 19.4 Å². The lowest BCUT2D eigenvalue weighted by atomic mass is 10.1. The monoisotopic (exact) mass is 346 g/mol. The number of aryl methyl sites for hydroxylation is 2. The Bertz CT molecular complexity index is 1100. The Morgan fingerprint density at radius 3 is 2.81 bits per heavy atom. The first-order valence-corrected chi connectivity index (χ1v) is 8.39. The standard InChI is InChI=1S/C20H18N4O2/c1-26-16-6-4-5-14(11-16)8-9-15-12-20(25)24-19(22-15)13-18(23-24)17-7-2-3-10-21-17/h2-7,10-13,23H,8-9H2,1H3. The van der Waals surface area contributed by atoms with Gasteiger partial charge in [0.2, 0.25) is 0 Å². The molecule has 0 atom stereocenters. The molecule has 0 aliphatic carbocycles. The van der Waals surface area contributed by atoms with Crippen molar-refractivity contribution in [3.05, 3.63) is 82.4 Å². The number of methoxy groups -OCH3 is 1. The van der Waals surface area contributed by atoms with E-state index in [4.69, 9.17) is 4.74 Å². The highest BCUT2D eigenvalue weighted by Gasteiger charge is 2.09. The predicted molar refractivity (Wildman–Crippen MR) is 99.4 cm³/mol. The van der Waals surface area contributed by atoms with Gasteiger partial charge in [-0.1, -0.05) is 18.2 Å². The minimum absolute atomic E-state index is 0.127. The molecular formula is C20H18N4O2. The maximum Gasteiger partial charge on any atom is 0.272 e. The smallest absolute Gasteiger partial charge is 0.272 e. The number of nitrogens with zero attached hydrogens (tertiary/aromatic N) is 3. The number of nitrogens with one attached hydrogen (secondary N) is 1. The van der Waals surface area contributed by atoms with Crippen LogP contribution < -0.4 is 10.3 Å². The summed E-state index contributed by atoms with van der Waals surface area (Å²) in [6.45, 7) is 0. The maximum atomic E-state index is 12.4. The summed E-state index contributed by atoms with van der Waals surface area (Å²) in [7, 11) is 1.65. The fraction of sp³-hybridized carbons (Fsp3) is 0.150. The molecule has 3 aromatic heterocycles. The van der Waals surface area contributed by atoms with Gasteiger partial charge in [-0.05, 0) is 42.7 Å². The molecule has 0 amide bonds. The Morgan fingerprint density at radius 2 is 2.00 bits per heavy atom. The highest BCUT2D eigenvalue weighted by molar-refractivity contribution is 5.60. The fourth-order valence-corrected chi connectivity index (χ4v) is 2.92. The third-order valence-electron chi connectivity index (χ3n) is 4.25. The van der Waals surface area contributed by atoms with Crippen LogP contribution in [-0.2, 0) is 12.8 Å². The van der Waals surface area contributed by atoms with Crippen LogP contribution in [0.2, 0.25) is 0 Å². The SMILES string of the molecule is COc1cccc(CCc2cc(=O)n3[nH]c(-c4ccccn4)cc3n2)c1. The number of benzene rings is 1. The summed E-state index contributed by atoms with van der Waals surface area (Å²) in [5, 5.41) is 3.06. The van der Waals surface area contributed by atoms with Crippen molar-refractivity contribution >= 4 is 5.65 Å². The largest absolute Gasteiger partial charge is 0.497 e. The third kappa shape index (κ3) is 3.21. The Hall–Kier alpha value is -3.41. The molecule has 1 N–H and O–H groups in total. The Kier molecular flexibility index (Phi) is 4.23. The van der Waals surface area contributed by atoms with Crippen LogP contribution >= 0.6 is 0 Å². The average molecular weight is 346 g/mol. The van der Waals surface area contributed by atoms with Crippen LogP contribution in [0.25, 0.3) is 17.0 Å². The van der Waals surface area contributed by atoms with E-state index in [0.29, 0.717) is 12.1 Å². The number of aromatic amines is 1. The zero-order valence-electron chi connectivity index (χ0n) is 14.3. The van der Waals surface area contributed by atoms with Crippen LogP contribution in [0.4, 0.5) is 0 Å². The van der Waals surface area contributed by atoms with Crippen molar-refractivity contribution in [3.63, 3.8) is 0 Å². The fourth-order valence-electron chi connectivity index (χ4n) is 2.92. The van der Waals surface area contributed by atoms with Gasteiger partial charge in [0.05, 0.1) is 18.5 Å². The number of fused-ring (bicyclic) bond motifs is 1. The molecule has 0 radical (unpaired) electrons. The first-order chi connectivity index (χ1) is 12.7. The Balaban J connectivity index is 1.61. The van der Waals surface area contributed by atoms with Crippen molar-refractivity contribution in [1.29, 1.82) is 0 Å². The zero-order chi connectivity index (χ0) is 17.9. The molecule has 26 heavy (non-hydrogen) atoms. The van der Waals surface area contributed by atoms with Gasteiger partial charge >= 0.3 is 0 Å². The molecular weight excluding hydrogens is 328 g/mol. The minimum Gasteiger partial charge on any atom is -0.497 e. The second kappa shape index (κ2) is 6.84. The lowest BCUT2D eigenvalue weighted by molar-refractivity contribution is 0.414. The summed E-state index contributed by atoms with van der Waals surface area (Å²) >= 11 is 0. The number of ether oxygens (including phenoxy) is 1. The van der Waals surface area contributed by atoms with Gasteiger partial charge in [0, 0.05) is 24.0 Å². The molecule has 6 heteroatoms. The van der Waals surface area contributed by atoms with E-state index < -0.39 is 0 Å². The van der Waals surface area contributed by atoms with Crippen LogP contribution in [0, 0.1) is 0 Å². The number of pyridine rings is 1. The van der Waals surface area contributed by atoms with Gasteiger partial charge in [-0.2, -0.15) is 0 Å². The van der Waals surface area contributed by atoms with E-state index in [2.05, 4.69) is 15.1 Å². The van der Waals surface area contributed by atoms with Gasteiger partial charge in [-0.3, -0.25) is 14.9 Å². The van der Waals surface area contributed by atoms with Gasteiger partial charge in [0.15, 0.2) is 5.65 Å². The van der Waals surface area contributed by atoms with Crippen molar-refractivity contribution < 1.29 is 4.74 Å². The lowest BCUT2D eigenvalue weighted by Gasteiger charge is -2.04. The molecule has 4 rings (SSSR count). The van der Waals surface area contributed by atoms with Crippen molar-refractivity contribution in [2.24, 2.45) is 0 Å².